The lowest BCUT2D eigenvalue weighted by molar-refractivity contribution is 0.0250. The molecule has 3 atom stereocenters. The number of halogens is 3. The number of allylic oxidation sites excluding steroid dienone is 2. The monoisotopic (exact) mass is 658 g/mol. The Labute approximate surface area is 277 Å². The number of benzene rings is 3. The molecule has 8 rings (SSSR count). The van der Waals surface area contributed by atoms with Crippen molar-refractivity contribution in [1.82, 2.24) is 15.1 Å². The molecular formula is C37H37F3N4O4. The van der Waals surface area contributed by atoms with Crippen LogP contribution in [0.2, 0.25) is 0 Å². The van der Waals surface area contributed by atoms with Gasteiger partial charge in [-0.05, 0) is 67.4 Å². The minimum atomic E-state index is -0.909. The number of hydrogen-bond acceptors (Lipinski definition) is 8. The van der Waals surface area contributed by atoms with Crippen LogP contribution in [0.25, 0.3) is 21.9 Å². The van der Waals surface area contributed by atoms with Crippen LogP contribution >= 0.6 is 0 Å². The van der Waals surface area contributed by atoms with Crippen molar-refractivity contribution >= 4 is 16.5 Å². The summed E-state index contributed by atoms with van der Waals surface area (Å²) in [5.41, 5.74) is 2.25. The van der Waals surface area contributed by atoms with E-state index in [1.807, 2.05) is 6.08 Å². The van der Waals surface area contributed by atoms with Gasteiger partial charge in [-0.25, -0.2) is 13.2 Å². The molecule has 0 aromatic heterocycles. The van der Waals surface area contributed by atoms with E-state index in [4.69, 9.17) is 25.4 Å². The van der Waals surface area contributed by atoms with Crippen molar-refractivity contribution in [1.29, 1.82) is 0 Å². The number of methoxy groups -OCH3 is 1. The minimum Gasteiger partial charge on any atom is -0.468 e. The van der Waals surface area contributed by atoms with E-state index in [2.05, 4.69) is 32.4 Å². The Balaban J connectivity index is 1.29. The molecule has 0 saturated carbocycles. The quantitative estimate of drug-likeness (QED) is 0.220. The first kappa shape index (κ1) is 30.9. The Morgan fingerprint density at radius 1 is 1.12 bits per heavy atom. The molecule has 1 unspecified atom stereocenters. The van der Waals surface area contributed by atoms with E-state index in [-0.39, 0.29) is 42.4 Å². The van der Waals surface area contributed by atoms with Crippen LogP contribution in [0.3, 0.4) is 0 Å². The number of hydrogen-bond donors (Lipinski definition) is 2. The van der Waals surface area contributed by atoms with Crippen molar-refractivity contribution in [2.75, 3.05) is 52.1 Å². The summed E-state index contributed by atoms with van der Waals surface area (Å²) in [5.74, 6) is 1.73. The maximum atomic E-state index is 17.4. The summed E-state index contributed by atoms with van der Waals surface area (Å²) in [5, 5.41) is 7.81. The Kier molecular flexibility index (Phi) is 7.90. The predicted molar refractivity (Wildman–Crippen MR) is 176 cm³/mol. The number of fused-ring (bicyclic) bond motifs is 4. The van der Waals surface area contributed by atoms with Gasteiger partial charge in [0.15, 0.2) is 18.4 Å². The summed E-state index contributed by atoms with van der Waals surface area (Å²) in [4.78, 5) is 4.37. The highest BCUT2D eigenvalue weighted by Gasteiger charge is 2.49. The molecule has 8 nitrogen and oxygen atoms in total. The fourth-order valence-electron chi connectivity index (χ4n) is 8.10. The number of anilines is 1. The normalized spacial score (nSPS) is 24.6. The average molecular weight is 659 g/mol. The largest absolute Gasteiger partial charge is 0.468 e. The first-order valence-electron chi connectivity index (χ1n) is 16.5. The Morgan fingerprint density at radius 2 is 2.02 bits per heavy atom. The summed E-state index contributed by atoms with van der Waals surface area (Å²) in [7, 11) is 1.50. The third kappa shape index (κ3) is 5.14. The van der Waals surface area contributed by atoms with Gasteiger partial charge in [0, 0.05) is 55.0 Å². The molecule has 48 heavy (non-hydrogen) atoms. The first-order valence-corrected chi connectivity index (χ1v) is 16.5. The van der Waals surface area contributed by atoms with Crippen LogP contribution in [-0.2, 0) is 9.47 Å². The Hall–Kier alpha value is -4.37. The third-order valence-electron chi connectivity index (χ3n) is 10.2. The predicted octanol–water partition coefficient (Wildman–Crippen LogP) is 6.53. The molecule has 5 aliphatic heterocycles. The van der Waals surface area contributed by atoms with Gasteiger partial charge in [0.1, 0.15) is 30.5 Å². The van der Waals surface area contributed by atoms with Crippen LogP contribution in [0, 0.1) is 24.0 Å². The SMILES string of the molecule is C#Cc1c(F)ccc2cc(OCOC)cc(-c3cc4c5c(c3F)OC(OC[C@@]36CCCN3C[C@H](F)C6)=CC3=CCCCN3C5NCN4)c12. The van der Waals surface area contributed by atoms with Gasteiger partial charge in [0.2, 0.25) is 0 Å². The van der Waals surface area contributed by atoms with Gasteiger partial charge in [-0.2, -0.15) is 0 Å². The van der Waals surface area contributed by atoms with Gasteiger partial charge in [-0.15, -0.1) is 6.42 Å². The molecule has 0 spiro atoms. The van der Waals surface area contributed by atoms with Crippen molar-refractivity contribution in [3.63, 3.8) is 0 Å². The van der Waals surface area contributed by atoms with E-state index in [0.717, 1.165) is 44.5 Å². The molecule has 250 valence electrons. The van der Waals surface area contributed by atoms with E-state index < -0.39 is 23.3 Å². The van der Waals surface area contributed by atoms with E-state index in [9.17, 15) is 4.39 Å². The number of rotatable bonds is 7. The summed E-state index contributed by atoms with van der Waals surface area (Å²) in [6, 6.07) is 7.97. The fourth-order valence-corrected chi connectivity index (χ4v) is 8.10. The second-order valence-corrected chi connectivity index (χ2v) is 13.1. The smallest absolute Gasteiger partial charge is 0.286 e. The number of alkyl halides is 1. The third-order valence-corrected chi connectivity index (χ3v) is 10.2. The zero-order valence-electron chi connectivity index (χ0n) is 26.7. The Morgan fingerprint density at radius 3 is 2.88 bits per heavy atom. The van der Waals surface area contributed by atoms with Crippen LogP contribution in [0.15, 0.2) is 54.1 Å². The molecule has 0 bridgehead atoms. The van der Waals surface area contributed by atoms with Gasteiger partial charge in [0.25, 0.3) is 5.95 Å². The van der Waals surface area contributed by atoms with Crippen molar-refractivity contribution in [3.05, 3.63) is 76.9 Å². The van der Waals surface area contributed by atoms with Gasteiger partial charge in [-0.3, -0.25) is 10.2 Å². The standard InChI is InChI=1S/C37H37F3N4O4/c1-3-26-29(39)9-8-22-13-25(47-21-45-2)15-27(32(22)26)28-16-30-33-35(34(28)40)48-31(46-19-37-10-6-11-43(37)18-23(38)17-37)14-24-7-4-5-12-44(24)36(33)42-20-41-30/h1,7-9,13-16,23,36,41-42H,4-6,10-12,17-21H2,2H3/t23-,36?,37+/m1/s1. The van der Waals surface area contributed by atoms with Crippen LogP contribution < -0.4 is 20.1 Å². The molecule has 3 aromatic rings. The minimum absolute atomic E-state index is 0.0177. The van der Waals surface area contributed by atoms with E-state index in [1.54, 1.807) is 24.3 Å². The number of nitrogens with one attached hydrogen (secondary N) is 2. The summed E-state index contributed by atoms with van der Waals surface area (Å²) in [6.45, 7) is 2.57. The lowest BCUT2D eigenvalue weighted by atomic mass is 9.91. The Bertz CT molecular complexity index is 1890. The van der Waals surface area contributed by atoms with Crippen molar-refractivity contribution < 1.29 is 32.1 Å². The van der Waals surface area contributed by atoms with Crippen LogP contribution in [0.1, 0.15) is 49.4 Å². The molecule has 5 aliphatic rings. The van der Waals surface area contributed by atoms with Crippen molar-refractivity contribution in [2.24, 2.45) is 0 Å². The second-order valence-electron chi connectivity index (χ2n) is 13.1. The zero-order chi connectivity index (χ0) is 33.0. The number of nitrogens with zero attached hydrogens (tertiary/aromatic N) is 2. The van der Waals surface area contributed by atoms with Crippen LogP contribution in [-0.4, -0.2) is 68.3 Å². The van der Waals surface area contributed by atoms with E-state index >= 15 is 8.78 Å². The summed E-state index contributed by atoms with van der Waals surface area (Å²) in [6.07, 6.45) is 12.5. The maximum absolute atomic E-state index is 17.4. The molecule has 0 radical (unpaired) electrons. The van der Waals surface area contributed by atoms with E-state index in [0.29, 0.717) is 53.0 Å². The van der Waals surface area contributed by atoms with Gasteiger partial charge in [-0.1, -0.05) is 18.1 Å². The highest BCUT2D eigenvalue weighted by atomic mass is 19.1. The molecule has 2 saturated heterocycles. The molecule has 3 aromatic carbocycles. The highest BCUT2D eigenvalue weighted by Crippen LogP contribution is 2.49. The zero-order valence-corrected chi connectivity index (χ0v) is 26.7. The fraction of sp³-hybridized carbons (Fsp3) is 0.405. The van der Waals surface area contributed by atoms with Gasteiger partial charge < -0.3 is 29.2 Å². The second kappa shape index (κ2) is 12.3. The number of ether oxygens (including phenoxy) is 4. The van der Waals surface area contributed by atoms with E-state index in [1.165, 1.54) is 13.2 Å². The van der Waals surface area contributed by atoms with Gasteiger partial charge in [0.05, 0.1) is 23.3 Å². The molecule has 2 fully saturated rings. The van der Waals surface area contributed by atoms with Crippen molar-refractivity contribution in [3.8, 4) is 35.0 Å². The first-order chi connectivity index (χ1) is 23.4. The highest BCUT2D eigenvalue weighted by molar-refractivity contribution is 6.02. The van der Waals surface area contributed by atoms with Gasteiger partial charge >= 0.3 is 0 Å². The molecule has 5 heterocycles. The lowest BCUT2D eigenvalue weighted by Gasteiger charge is -2.42. The molecule has 0 aliphatic carbocycles. The topological polar surface area (TPSA) is 67.5 Å². The van der Waals surface area contributed by atoms with Crippen LogP contribution in [0.5, 0.6) is 11.5 Å². The average Bonchev–Trinajstić information content (AvgIpc) is 3.61. The maximum Gasteiger partial charge on any atom is 0.286 e. The molecule has 11 heteroatoms. The number of terminal acetylenes is 1. The lowest BCUT2D eigenvalue weighted by Crippen LogP contribution is -2.45. The molecule has 0 amide bonds. The van der Waals surface area contributed by atoms with Crippen LogP contribution in [0.4, 0.5) is 18.9 Å². The molecular weight excluding hydrogens is 621 g/mol. The summed E-state index contributed by atoms with van der Waals surface area (Å²) >= 11 is 0. The summed E-state index contributed by atoms with van der Waals surface area (Å²) < 4.78 is 70.9. The van der Waals surface area contributed by atoms with Crippen molar-refractivity contribution in [2.45, 2.75) is 50.0 Å². The molecule has 2 N–H and O–H groups in total.